The van der Waals surface area contributed by atoms with Crippen LogP contribution in [0.15, 0.2) is 0 Å². The van der Waals surface area contributed by atoms with Crippen molar-refractivity contribution in [3.8, 4) is 0 Å². The van der Waals surface area contributed by atoms with Crippen molar-refractivity contribution in [2.45, 2.75) is 37.2 Å². The lowest BCUT2D eigenvalue weighted by Gasteiger charge is -2.12. The van der Waals surface area contributed by atoms with E-state index in [9.17, 15) is 9.59 Å². The van der Waals surface area contributed by atoms with E-state index in [0.29, 0.717) is 12.8 Å². The van der Waals surface area contributed by atoms with Crippen LogP contribution in [0, 0.1) is 0 Å². The number of hydrogen-bond donors (Lipinski definition) is 2. The van der Waals surface area contributed by atoms with Crippen molar-refractivity contribution in [3.05, 3.63) is 0 Å². The van der Waals surface area contributed by atoms with Crippen LogP contribution in [-0.4, -0.2) is 32.7 Å². The smallest absolute Gasteiger partial charge is 0.317 e. The second-order valence-corrected chi connectivity index (χ2v) is 5.34. The number of rotatable bonds is 7. The van der Waals surface area contributed by atoms with E-state index in [2.05, 4.69) is 0 Å². The molecule has 2 atom stereocenters. The molecule has 0 spiro atoms. The van der Waals surface area contributed by atoms with Crippen molar-refractivity contribution in [1.82, 2.24) is 0 Å². The Labute approximate surface area is 90.9 Å². The molecule has 0 bridgehead atoms. The van der Waals surface area contributed by atoms with Gasteiger partial charge in [-0.05, 0) is 12.8 Å². The number of carbonyl (C=O) groups is 2. The highest BCUT2D eigenvalue weighted by Crippen LogP contribution is 2.34. The highest BCUT2D eigenvalue weighted by Gasteiger charge is 2.21. The van der Waals surface area contributed by atoms with E-state index in [4.69, 9.17) is 10.2 Å². The van der Waals surface area contributed by atoms with Crippen molar-refractivity contribution in [1.29, 1.82) is 0 Å². The van der Waals surface area contributed by atoms with Crippen LogP contribution in [0.1, 0.15) is 26.7 Å². The Hall–Kier alpha value is -0.360. The van der Waals surface area contributed by atoms with E-state index in [-0.39, 0.29) is 0 Å². The van der Waals surface area contributed by atoms with Gasteiger partial charge < -0.3 is 10.2 Å². The lowest BCUT2D eigenvalue weighted by atomic mass is 10.3. The summed E-state index contributed by atoms with van der Waals surface area (Å²) in [6.07, 6.45) is 1.01. The Morgan fingerprint density at radius 3 is 1.43 bits per heavy atom. The summed E-state index contributed by atoms with van der Waals surface area (Å²) in [5.41, 5.74) is 0. The third kappa shape index (κ3) is 4.76. The van der Waals surface area contributed by atoms with Crippen LogP contribution < -0.4 is 0 Å². The minimum atomic E-state index is -0.884. The second kappa shape index (κ2) is 7.00. The molecule has 0 saturated heterocycles. The zero-order valence-corrected chi connectivity index (χ0v) is 9.73. The normalized spacial score (nSPS) is 14.7. The molecule has 0 radical (unpaired) electrons. The first-order chi connectivity index (χ1) is 6.52. The minimum Gasteiger partial charge on any atom is -0.480 e. The van der Waals surface area contributed by atoms with Gasteiger partial charge in [-0.2, -0.15) is 0 Å². The van der Waals surface area contributed by atoms with Gasteiger partial charge in [0.25, 0.3) is 0 Å². The standard InChI is InChI=1S/C8H14O4S2/c1-3-5(7(9)10)13-14-6(4-2)8(11)12/h5-6H,3-4H2,1-2H3,(H,9,10)(H,11,12). The van der Waals surface area contributed by atoms with Gasteiger partial charge in [0.2, 0.25) is 0 Å². The van der Waals surface area contributed by atoms with Gasteiger partial charge in [-0.1, -0.05) is 35.4 Å². The highest BCUT2D eigenvalue weighted by molar-refractivity contribution is 8.77. The summed E-state index contributed by atoms with van der Waals surface area (Å²) < 4.78 is 0. The number of hydrogen-bond acceptors (Lipinski definition) is 4. The molecule has 0 aliphatic carbocycles. The molecule has 0 aromatic rings. The first-order valence-corrected chi connectivity index (χ1v) is 6.58. The Balaban J connectivity index is 4.00. The zero-order chi connectivity index (χ0) is 11.1. The summed E-state index contributed by atoms with van der Waals surface area (Å²) in [7, 11) is 2.25. The zero-order valence-electron chi connectivity index (χ0n) is 8.10. The predicted octanol–water partition coefficient (Wildman–Crippen LogP) is 2.09. The number of carboxylic acids is 2. The predicted molar refractivity (Wildman–Crippen MR) is 58.6 cm³/mol. The van der Waals surface area contributed by atoms with Gasteiger partial charge in [0.1, 0.15) is 10.5 Å². The molecule has 0 amide bonds. The largest absolute Gasteiger partial charge is 0.480 e. The molecule has 0 rings (SSSR count). The lowest BCUT2D eigenvalue weighted by Crippen LogP contribution is -2.17. The van der Waals surface area contributed by atoms with Crippen molar-refractivity contribution in [3.63, 3.8) is 0 Å². The molecular weight excluding hydrogens is 224 g/mol. The van der Waals surface area contributed by atoms with E-state index in [0.717, 1.165) is 21.6 Å². The summed E-state index contributed by atoms with van der Waals surface area (Å²) in [4.78, 5) is 21.2. The van der Waals surface area contributed by atoms with E-state index in [1.54, 1.807) is 13.8 Å². The van der Waals surface area contributed by atoms with Crippen LogP contribution in [0.4, 0.5) is 0 Å². The molecule has 4 nitrogen and oxygen atoms in total. The van der Waals surface area contributed by atoms with Crippen molar-refractivity contribution in [2.75, 3.05) is 0 Å². The van der Waals surface area contributed by atoms with Crippen LogP contribution in [0.3, 0.4) is 0 Å². The summed E-state index contributed by atoms with van der Waals surface area (Å²) in [6, 6.07) is 0. The molecule has 2 unspecified atom stereocenters. The first kappa shape index (κ1) is 13.6. The van der Waals surface area contributed by atoms with E-state index < -0.39 is 22.4 Å². The third-order valence-corrected chi connectivity index (χ3v) is 4.95. The maximum absolute atomic E-state index is 10.6. The molecular formula is C8H14O4S2. The van der Waals surface area contributed by atoms with Gasteiger partial charge in [-0.3, -0.25) is 9.59 Å². The van der Waals surface area contributed by atoms with Crippen molar-refractivity contribution >= 4 is 33.5 Å². The average molecular weight is 238 g/mol. The van der Waals surface area contributed by atoms with Crippen LogP contribution in [-0.2, 0) is 9.59 Å². The van der Waals surface area contributed by atoms with E-state index >= 15 is 0 Å². The second-order valence-electron chi connectivity index (χ2n) is 2.66. The Morgan fingerprint density at radius 1 is 1.00 bits per heavy atom. The van der Waals surface area contributed by atoms with Crippen molar-refractivity contribution in [2.24, 2.45) is 0 Å². The Bertz CT molecular complexity index is 186. The molecule has 6 heteroatoms. The van der Waals surface area contributed by atoms with Crippen molar-refractivity contribution < 1.29 is 19.8 Å². The topological polar surface area (TPSA) is 74.6 Å². The van der Waals surface area contributed by atoms with Gasteiger partial charge in [-0.25, -0.2) is 0 Å². The summed E-state index contributed by atoms with van der Waals surface area (Å²) in [5.74, 6) is -1.77. The average Bonchev–Trinajstić information content (AvgIpc) is 2.11. The molecule has 0 saturated carbocycles. The monoisotopic (exact) mass is 238 g/mol. The summed E-state index contributed by atoms with van der Waals surface area (Å²) in [5, 5.41) is 16.4. The molecule has 82 valence electrons. The Morgan fingerprint density at radius 2 is 1.29 bits per heavy atom. The minimum absolute atomic E-state index is 0.503. The molecule has 0 aromatic carbocycles. The highest BCUT2D eigenvalue weighted by atomic mass is 33.1. The number of carboxylic acid groups (broad SMARTS) is 2. The molecule has 0 aliphatic heterocycles. The van der Waals surface area contributed by atoms with Gasteiger partial charge in [0.05, 0.1) is 0 Å². The molecule has 0 heterocycles. The van der Waals surface area contributed by atoms with E-state index in [1.165, 1.54) is 0 Å². The molecule has 0 fully saturated rings. The summed E-state index contributed by atoms with van der Waals surface area (Å²) >= 11 is 0. The molecule has 14 heavy (non-hydrogen) atoms. The van der Waals surface area contributed by atoms with Crippen LogP contribution in [0.2, 0.25) is 0 Å². The fourth-order valence-electron chi connectivity index (χ4n) is 0.702. The first-order valence-electron chi connectivity index (χ1n) is 4.30. The van der Waals surface area contributed by atoms with Gasteiger partial charge >= 0.3 is 11.9 Å². The fourth-order valence-corrected chi connectivity index (χ4v) is 3.52. The fraction of sp³-hybridized carbons (Fsp3) is 0.750. The maximum Gasteiger partial charge on any atom is 0.317 e. The summed E-state index contributed by atoms with van der Waals surface area (Å²) in [6.45, 7) is 3.54. The van der Waals surface area contributed by atoms with Crippen LogP contribution in [0.25, 0.3) is 0 Å². The maximum atomic E-state index is 10.6. The lowest BCUT2D eigenvalue weighted by molar-refractivity contribution is -0.137. The van der Waals surface area contributed by atoms with Crippen LogP contribution in [0.5, 0.6) is 0 Å². The Kier molecular flexibility index (Phi) is 6.82. The van der Waals surface area contributed by atoms with Gasteiger partial charge in [0, 0.05) is 0 Å². The molecule has 2 N–H and O–H groups in total. The molecule has 0 aliphatic rings. The van der Waals surface area contributed by atoms with Gasteiger partial charge in [-0.15, -0.1) is 0 Å². The van der Waals surface area contributed by atoms with E-state index in [1.807, 2.05) is 0 Å². The van der Waals surface area contributed by atoms with Gasteiger partial charge in [0.15, 0.2) is 0 Å². The number of aliphatic carboxylic acids is 2. The van der Waals surface area contributed by atoms with Crippen LogP contribution >= 0.6 is 21.6 Å². The molecule has 0 aromatic heterocycles. The quantitative estimate of drug-likeness (QED) is 0.662. The third-order valence-electron chi connectivity index (χ3n) is 1.58. The SMILES string of the molecule is CCC(SSC(CC)C(=O)O)C(=O)O.